The van der Waals surface area contributed by atoms with Gasteiger partial charge < -0.3 is 10.1 Å². The molecular weight excluding hydrogens is 304 g/mol. The molecule has 22 heavy (non-hydrogen) atoms. The zero-order valence-electron chi connectivity index (χ0n) is 12.7. The molecule has 1 saturated heterocycles. The highest BCUT2D eigenvalue weighted by Gasteiger charge is 2.19. The van der Waals surface area contributed by atoms with Crippen molar-refractivity contribution in [1.82, 2.24) is 10.2 Å². The molecule has 1 aliphatic heterocycles. The van der Waals surface area contributed by atoms with Gasteiger partial charge in [0.05, 0.1) is 18.1 Å². The molecule has 0 saturated carbocycles. The van der Waals surface area contributed by atoms with Gasteiger partial charge in [-0.05, 0) is 19.1 Å². The van der Waals surface area contributed by atoms with Gasteiger partial charge in [0.2, 0.25) is 5.91 Å². The maximum absolute atomic E-state index is 12.1. The van der Waals surface area contributed by atoms with E-state index < -0.39 is 21.5 Å². The molecule has 1 aliphatic rings. The van der Waals surface area contributed by atoms with Crippen LogP contribution in [0.2, 0.25) is 0 Å². The molecule has 0 radical (unpaired) electrons. The molecule has 1 heterocycles. The van der Waals surface area contributed by atoms with Crippen molar-refractivity contribution in [2.75, 3.05) is 45.1 Å². The van der Waals surface area contributed by atoms with Crippen LogP contribution in [0.4, 0.5) is 0 Å². The topological polar surface area (TPSA) is 75.7 Å². The van der Waals surface area contributed by atoms with Gasteiger partial charge in [-0.25, -0.2) is 8.42 Å². The number of aryl methyl sites for hydroxylation is 1. The fourth-order valence-electron chi connectivity index (χ4n) is 2.23. The Labute approximate surface area is 131 Å². The Balaban J connectivity index is 1.79. The maximum atomic E-state index is 12.1. The lowest BCUT2D eigenvalue weighted by Crippen LogP contribution is -2.42. The van der Waals surface area contributed by atoms with E-state index in [1.54, 1.807) is 12.1 Å². The molecule has 122 valence electrons. The van der Waals surface area contributed by atoms with Gasteiger partial charge >= 0.3 is 0 Å². The number of nitrogens with one attached hydrogen (secondary N) is 1. The number of carbonyl (C=O) groups is 1. The predicted octanol–water partition coefficient (Wildman–Crippen LogP) is 0.217. The van der Waals surface area contributed by atoms with E-state index in [2.05, 4.69) is 10.2 Å². The summed E-state index contributed by atoms with van der Waals surface area (Å²) in [4.78, 5) is 14.2. The van der Waals surface area contributed by atoms with E-state index in [0.29, 0.717) is 26.3 Å². The molecular formula is C15H22N2O4S. The van der Waals surface area contributed by atoms with Crippen LogP contribution in [0.15, 0.2) is 29.2 Å². The van der Waals surface area contributed by atoms with Crippen molar-refractivity contribution in [3.63, 3.8) is 0 Å². The third-order valence-electron chi connectivity index (χ3n) is 3.56. The van der Waals surface area contributed by atoms with Crippen LogP contribution in [0, 0.1) is 6.92 Å². The molecule has 1 aromatic rings. The number of hydrogen-bond acceptors (Lipinski definition) is 5. The first-order valence-electron chi connectivity index (χ1n) is 7.33. The number of benzene rings is 1. The SMILES string of the molecule is Cc1ccc(S(=O)(=O)CC(=O)NCCN2CCOCC2)cc1. The number of rotatable bonds is 6. The van der Waals surface area contributed by atoms with E-state index in [0.717, 1.165) is 18.7 Å². The zero-order chi connectivity index (χ0) is 16.0. The Morgan fingerprint density at radius 2 is 1.86 bits per heavy atom. The molecule has 7 heteroatoms. The first kappa shape index (κ1) is 16.9. The number of amides is 1. The highest BCUT2D eigenvalue weighted by Crippen LogP contribution is 2.11. The second-order valence-electron chi connectivity index (χ2n) is 5.38. The van der Waals surface area contributed by atoms with Crippen molar-refractivity contribution in [2.45, 2.75) is 11.8 Å². The number of sulfone groups is 1. The molecule has 1 aromatic carbocycles. The van der Waals surface area contributed by atoms with Crippen molar-refractivity contribution in [1.29, 1.82) is 0 Å². The molecule has 2 rings (SSSR count). The summed E-state index contributed by atoms with van der Waals surface area (Å²) in [6.45, 7) is 6.14. The lowest BCUT2D eigenvalue weighted by molar-refractivity contribution is -0.118. The van der Waals surface area contributed by atoms with E-state index >= 15 is 0 Å². The molecule has 0 atom stereocenters. The molecule has 1 fully saturated rings. The van der Waals surface area contributed by atoms with Crippen LogP contribution < -0.4 is 5.32 Å². The van der Waals surface area contributed by atoms with Gasteiger partial charge in [-0.2, -0.15) is 0 Å². The average molecular weight is 326 g/mol. The highest BCUT2D eigenvalue weighted by atomic mass is 32.2. The number of morpholine rings is 1. The van der Waals surface area contributed by atoms with Crippen LogP contribution in [0.1, 0.15) is 5.56 Å². The Morgan fingerprint density at radius 1 is 1.23 bits per heavy atom. The summed E-state index contributed by atoms with van der Waals surface area (Å²) < 4.78 is 29.5. The number of hydrogen-bond donors (Lipinski definition) is 1. The van der Waals surface area contributed by atoms with Crippen molar-refractivity contribution < 1.29 is 17.9 Å². The lowest BCUT2D eigenvalue weighted by Gasteiger charge is -2.26. The van der Waals surface area contributed by atoms with E-state index in [4.69, 9.17) is 4.74 Å². The highest BCUT2D eigenvalue weighted by molar-refractivity contribution is 7.92. The minimum Gasteiger partial charge on any atom is -0.379 e. The summed E-state index contributed by atoms with van der Waals surface area (Å²) in [5.41, 5.74) is 0.980. The van der Waals surface area contributed by atoms with Gasteiger partial charge in [-0.3, -0.25) is 9.69 Å². The van der Waals surface area contributed by atoms with Crippen LogP contribution in [-0.2, 0) is 19.4 Å². The summed E-state index contributed by atoms with van der Waals surface area (Å²) in [7, 11) is -3.58. The van der Waals surface area contributed by atoms with E-state index in [-0.39, 0.29) is 4.90 Å². The smallest absolute Gasteiger partial charge is 0.235 e. The van der Waals surface area contributed by atoms with Crippen molar-refractivity contribution in [3.05, 3.63) is 29.8 Å². The Hall–Kier alpha value is -1.44. The Bertz CT molecular complexity index is 592. The van der Waals surface area contributed by atoms with Crippen molar-refractivity contribution >= 4 is 15.7 Å². The van der Waals surface area contributed by atoms with Crippen molar-refractivity contribution in [3.8, 4) is 0 Å². The zero-order valence-corrected chi connectivity index (χ0v) is 13.6. The summed E-state index contributed by atoms with van der Waals surface area (Å²) in [5, 5.41) is 2.67. The fraction of sp³-hybridized carbons (Fsp3) is 0.533. The van der Waals surface area contributed by atoms with E-state index in [9.17, 15) is 13.2 Å². The Kier molecular flexibility index (Phi) is 5.93. The second-order valence-corrected chi connectivity index (χ2v) is 7.37. The standard InChI is InChI=1S/C15H22N2O4S/c1-13-2-4-14(5-3-13)22(19,20)12-15(18)16-6-7-17-8-10-21-11-9-17/h2-5H,6-12H2,1H3,(H,16,18). The summed E-state index contributed by atoms with van der Waals surface area (Å²) in [6, 6.07) is 6.52. The molecule has 0 aromatic heterocycles. The number of nitrogens with zero attached hydrogens (tertiary/aromatic N) is 1. The third-order valence-corrected chi connectivity index (χ3v) is 5.19. The van der Waals surface area contributed by atoms with Gasteiger partial charge in [0.1, 0.15) is 5.75 Å². The molecule has 6 nitrogen and oxygen atoms in total. The molecule has 1 N–H and O–H groups in total. The first-order valence-corrected chi connectivity index (χ1v) is 8.99. The monoisotopic (exact) mass is 326 g/mol. The summed E-state index contributed by atoms with van der Waals surface area (Å²) >= 11 is 0. The van der Waals surface area contributed by atoms with Crippen LogP contribution in [0.3, 0.4) is 0 Å². The normalized spacial score (nSPS) is 16.4. The predicted molar refractivity (Wildman–Crippen MR) is 83.5 cm³/mol. The van der Waals surface area contributed by atoms with Gasteiger partial charge in [0.25, 0.3) is 0 Å². The van der Waals surface area contributed by atoms with Crippen LogP contribution in [0.25, 0.3) is 0 Å². The summed E-state index contributed by atoms with van der Waals surface area (Å²) in [6.07, 6.45) is 0. The molecule has 0 aliphatic carbocycles. The third kappa shape index (κ3) is 5.08. The van der Waals surface area contributed by atoms with Crippen LogP contribution >= 0.6 is 0 Å². The fourth-order valence-corrected chi connectivity index (χ4v) is 3.40. The van der Waals surface area contributed by atoms with E-state index in [1.165, 1.54) is 12.1 Å². The molecule has 0 bridgehead atoms. The average Bonchev–Trinajstić information content (AvgIpc) is 2.48. The minimum absolute atomic E-state index is 0.182. The minimum atomic E-state index is -3.58. The number of carbonyl (C=O) groups excluding carboxylic acids is 1. The van der Waals surface area contributed by atoms with Crippen molar-refractivity contribution in [2.24, 2.45) is 0 Å². The van der Waals surface area contributed by atoms with Gasteiger partial charge in [0, 0.05) is 26.2 Å². The van der Waals surface area contributed by atoms with Crippen LogP contribution in [-0.4, -0.2) is 64.4 Å². The number of ether oxygens (including phenoxy) is 1. The second kappa shape index (κ2) is 7.71. The van der Waals surface area contributed by atoms with Gasteiger partial charge in [-0.1, -0.05) is 17.7 Å². The molecule has 1 amide bonds. The lowest BCUT2D eigenvalue weighted by atomic mass is 10.2. The van der Waals surface area contributed by atoms with E-state index in [1.807, 2.05) is 6.92 Å². The summed E-state index contributed by atoms with van der Waals surface area (Å²) in [5.74, 6) is -0.979. The largest absolute Gasteiger partial charge is 0.379 e. The molecule has 0 unspecified atom stereocenters. The van der Waals surface area contributed by atoms with Crippen LogP contribution in [0.5, 0.6) is 0 Å². The Morgan fingerprint density at radius 3 is 2.50 bits per heavy atom. The first-order chi connectivity index (χ1) is 10.5. The molecule has 0 spiro atoms. The quantitative estimate of drug-likeness (QED) is 0.809. The maximum Gasteiger partial charge on any atom is 0.235 e. The van der Waals surface area contributed by atoms with Gasteiger partial charge in [-0.15, -0.1) is 0 Å². The van der Waals surface area contributed by atoms with Gasteiger partial charge in [0.15, 0.2) is 9.84 Å².